The van der Waals surface area contributed by atoms with Crippen molar-refractivity contribution < 1.29 is 4.74 Å². The van der Waals surface area contributed by atoms with E-state index in [9.17, 15) is 0 Å². The molecular weight excluding hydrogens is 316 g/mol. The Morgan fingerprint density at radius 3 is 2.48 bits per heavy atom. The van der Waals surface area contributed by atoms with E-state index in [0.29, 0.717) is 6.04 Å². The molecule has 2 fully saturated rings. The lowest BCUT2D eigenvalue weighted by Gasteiger charge is -2.37. The van der Waals surface area contributed by atoms with E-state index in [1.54, 1.807) is 0 Å². The van der Waals surface area contributed by atoms with Crippen LogP contribution in [0.4, 0.5) is 5.82 Å². The van der Waals surface area contributed by atoms with Gasteiger partial charge in [-0.25, -0.2) is 15.0 Å². The standard InChI is InChI=1S/C18H26N6O/c1-12(2)24-10-14(11-24)9-15-21-16-17(22(15)4)19-13(3)20-18(16)23-5-7-25-8-6-23/h9,12H,5-8,10-11H2,1-4H3. The smallest absolute Gasteiger partial charge is 0.165 e. The van der Waals surface area contributed by atoms with Crippen LogP contribution in [-0.2, 0) is 11.8 Å². The van der Waals surface area contributed by atoms with Gasteiger partial charge in [0.1, 0.15) is 11.6 Å². The minimum Gasteiger partial charge on any atom is -0.378 e. The van der Waals surface area contributed by atoms with Crippen molar-refractivity contribution in [3.63, 3.8) is 0 Å². The summed E-state index contributed by atoms with van der Waals surface area (Å²) in [6.45, 7) is 11.6. The molecule has 7 nitrogen and oxygen atoms in total. The first-order chi connectivity index (χ1) is 12.0. The lowest BCUT2D eigenvalue weighted by molar-refractivity contribution is 0.122. The number of ether oxygens (including phenoxy) is 1. The Hall–Kier alpha value is -1.99. The van der Waals surface area contributed by atoms with Crippen LogP contribution in [0, 0.1) is 6.92 Å². The summed E-state index contributed by atoms with van der Waals surface area (Å²) in [6.07, 6.45) is 2.21. The van der Waals surface area contributed by atoms with E-state index in [1.165, 1.54) is 5.57 Å². The van der Waals surface area contributed by atoms with Gasteiger partial charge in [0.2, 0.25) is 0 Å². The maximum absolute atomic E-state index is 5.47. The molecule has 134 valence electrons. The molecule has 0 aliphatic carbocycles. The molecule has 0 atom stereocenters. The van der Waals surface area contributed by atoms with Crippen molar-refractivity contribution in [3.8, 4) is 0 Å². The Kier molecular flexibility index (Phi) is 4.21. The number of anilines is 1. The van der Waals surface area contributed by atoms with Gasteiger partial charge in [0, 0.05) is 39.3 Å². The number of likely N-dealkylation sites (tertiary alicyclic amines) is 1. The third-order valence-electron chi connectivity index (χ3n) is 5.03. The van der Waals surface area contributed by atoms with E-state index in [0.717, 1.165) is 68.0 Å². The van der Waals surface area contributed by atoms with Crippen LogP contribution in [0.5, 0.6) is 0 Å². The first kappa shape index (κ1) is 16.5. The van der Waals surface area contributed by atoms with Crippen molar-refractivity contribution in [1.82, 2.24) is 24.4 Å². The summed E-state index contributed by atoms with van der Waals surface area (Å²) < 4.78 is 7.55. The second-order valence-corrected chi connectivity index (χ2v) is 7.20. The minimum atomic E-state index is 0.596. The Balaban J connectivity index is 1.70. The molecule has 25 heavy (non-hydrogen) atoms. The van der Waals surface area contributed by atoms with Crippen molar-refractivity contribution in [2.45, 2.75) is 26.8 Å². The fourth-order valence-corrected chi connectivity index (χ4v) is 3.41. The van der Waals surface area contributed by atoms with E-state index >= 15 is 0 Å². The molecule has 0 aromatic carbocycles. The maximum Gasteiger partial charge on any atom is 0.165 e. The van der Waals surface area contributed by atoms with E-state index in [4.69, 9.17) is 9.72 Å². The van der Waals surface area contributed by atoms with Crippen molar-refractivity contribution in [3.05, 3.63) is 17.2 Å². The molecular formula is C18H26N6O. The molecule has 2 aliphatic heterocycles. The molecule has 2 saturated heterocycles. The van der Waals surface area contributed by atoms with Crippen molar-refractivity contribution in [2.24, 2.45) is 7.05 Å². The molecule has 2 aromatic rings. The number of aryl methyl sites for hydroxylation is 2. The van der Waals surface area contributed by atoms with E-state index < -0.39 is 0 Å². The summed E-state index contributed by atoms with van der Waals surface area (Å²) in [7, 11) is 2.04. The number of hydrogen-bond acceptors (Lipinski definition) is 6. The maximum atomic E-state index is 5.47. The van der Waals surface area contributed by atoms with Gasteiger partial charge in [-0.05, 0) is 32.4 Å². The quantitative estimate of drug-likeness (QED) is 0.845. The average molecular weight is 342 g/mol. The Bertz CT molecular complexity index is 811. The molecule has 4 heterocycles. The van der Waals surface area contributed by atoms with Crippen LogP contribution in [0.15, 0.2) is 5.57 Å². The first-order valence-electron chi connectivity index (χ1n) is 9.00. The second-order valence-electron chi connectivity index (χ2n) is 7.20. The molecule has 0 bridgehead atoms. The van der Waals surface area contributed by atoms with Crippen LogP contribution in [0.25, 0.3) is 17.2 Å². The first-order valence-corrected chi connectivity index (χ1v) is 9.00. The highest BCUT2D eigenvalue weighted by Gasteiger charge is 2.24. The van der Waals surface area contributed by atoms with Crippen molar-refractivity contribution in [2.75, 3.05) is 44.3 Å². The van der Waals surface area contributed by atoms with Crippen molar-refractivity contribution in [1.29, 1.82) is 0 Å². The van der Waals surface area contributed by atoms with Gasteiger partial charge in [0.05, 0.1) is 13.2 Å². The van der Waals surface area contributed by atoms with Crippen molar-refractivity contribution >= 4 is 23.1 Å². The van der Waals surface area contributed by atoms with Gasteiger partial charge in [0.25, 0.3) is 0 Å². The zero-order chi connectivity index (χ0) is 17.6. The summed E-state index contributed by atoms with van der Waals surface area (Å²) in [5.74, 6) is 2.68. The number of morpholine rings is 1. The van der Waals surface area contributed by atoms with Crippen LogP contribution in [0.3, 0.4) is 0 Å². The van der Waals surface area contributed by atoms with Gasteiger partial charge in [-0.2, -0.15) is 0 Å². The molecule has 2 aliphatic rings. The van der Waals surface area contributed by atoms with Gasteiger partial charge in [-0.15, -0.1) is 0 Å². The average Bonchev–Trinajstić information content (AvgIpc) is 2.86. The Morgan fingerprint density at radius 1 is 1.08 bits per heavy atom. The molecule has 0 saturated carbocycles. The number of imidazole rings is 1. The molecule has 0 radical (unpaired) electrons. The monoisotopic (exact) mass is 342 g/mol. The zero-order valence-electron chi connectivity index (χ0n) is 15.5. The van der Waals surface area contributed by atoms with Crippen LogP contribution < -0.4 is 4.90 Å². The summed E-state index contributed by atoms with van der Waals surface area (Å²) in [6, 6.07) is 0.596. The topological polar surface area (TPSA) is 59.3 Å². The predicted octanol–water partition coefficient (Wildman–Crippen LogP) is 1.62. The van der Waals surface area contributed by atoms with E-state index in [-0.39, 0.29) is 0 Å². The lowest BCUT2D eigenvalue weighted by Crippen LogP contribution is -2.44. The predicted molar refractivity (Wildman–Crippen MR) is 98.8 cm³/mol. The van der Waals surface area contributed by atoms with Crippen LogP contribution in [-0.4, -0.2) is 69.9 Å². The van der Waals surface area contributed by atoms with Gasteiger partial charge >= 0.3 is 0 Å². The van der Waals surface area contributed by atoms with Gasteiger partial charge in [0.15, 0.2) is 17.0 Å². The molecule has 7 heteroatoms. The largest absolute Gasteiger partial charge is 0.378 e. The highest BCUT2D eigenvalue weighted by Crippen LogP contribution is 2.27. The van der Waals surface area contributed by atoms with Gasteiger partial charge < -0.3 is 14.2 Å². The number of aromatic nitrogens is 4. The highest BCUT2D eigenvalue weighted by atomic mass is 16.5. The fourth-order valence-electron chi connectivity index (χ4n) is 3.41. The highest BCUT2D eigenvalue weighted by molar-refractivity contribution is 5.85. The summed E-state index contributed by atoms with van der Waals surface area (Å²) in [4.78, 5) is 18.9. The van der Waals surface area contributed by atoms with Crippen LogP contribution in [0.2, 0.25) is 0 Å². The molecule has 0 unspecified atom stereocenters. The van der Waals surface area contributed by atoms with Crippen LogP contribution >= 0.6 is 0 Å². The summed E-state index contributed by atoms with van der Waals surface area (Å²) in [5, 5.41) is 0. The SMILES string of the molecule is Cc1nc(N2CCOCC2)c2nc(C=C3CN(C(C)C)C3)n(C)c2n1. The third-order valence-corrected chi connectivity index (χ3v) is 5.03. The van der Waals surface area contributed by atoms with Gasteiger partial charge in [-0.1, -0.05) is 0 Å². The zero-order valence-corrected chi connectivity index (χ0v) is 15.5. The second kappa shape index (κ2) is 6.38. The van der Waals surface area contributed by atoms with Crippen LogP contribution in [0.1, 0.15) is 25.5 Å². The summed E-state index contributed by atoms with van der Waals surface area (Å²) in [5.41, 5.74) is 3.22. The number of nitrogens with zero attached hydrogens (tertiary/aromatic N) is 6. The number of hydrogen-bond donors (Lipinski definition) is 0. The summed E-state index contributed by atoms with van der Waals surface area (Å²) >= 11 is 0. The molecule has 2 aromatic heterocycles. The van der Waals surface area contributed by atoms with E-state index in [2.05, 4.69) is 44.3 Å². The molecule has 0 amide bonds. The molecule has 0 spiro atoms. The molecule has 0 N–H and O–H groups in total. The Morgan fingerprint density at radius 2 is 1.80 bits per heavy atom. The molecule has 4 rings (SSSR count). The third kappa shape index (κ3) is 3.02. The van der Waals surface area contributed by atoms with E-state index in [1.807, 2.05) is 14.0 Å². The lowest BCUT2D eigenvalue weighted by atomic mass is 10.1. The Labute approximate surface area is 148 Å². The number of rotatable bonds is 3. The number of fused-ring (bicyclic) bond motifs is 1. The minimum absolute atomic E-state index is 0.596. The normalized spacial score (nSPS) is 18.9. The fraction of sp³-hybridized carbons (Fsp3) is 0.611. The van der Waals surface area contributed by atoms with Gasteiger partial charge in [-0.3, -0.25) is 4.90 Å².